The standard InChI is InChI=1S/C5H4Cl6/c6-3(1-2-3)4(7,8)5(9,10)11/h1-2H2. The summed E-state index contributed by atoms with van der Waals surface area (Å²) in [5.41, 5.74) is 0. The molecule has 0 N–H and O–H groups in total. The zero-order valence-electron chi connectivity index (χ0n) is 5.18. The highest BCUT2D eigenvalue weighted by Crippen LogP contribution is 2.64. The van der Waals surface area contributed by atoms with Gasteiger partial charge in [0.2, 0.25) is 3.79 Å². The third-order valence-electron chi connectivity index (χ3n) is 1.61. The largest absolute Gasteiger partial charge is 0.224 e. The summed E-state index contributed by atoms with van der Waals surface area (Å²) in [6.07, 6.45) is 1.35. The monoisotopic (exact) mass is 274 g/mol. The van der Waals surface area contributed by atoms with Crippen molar-refractivity contribution >= 4 is 69.6 Å². The van der Waals surface area contributed by atoms with Gasteiger partial charge in [0.25, 0.3) is 0 Å². The van der Waals surface area contributed by atoms with Crippen LogP contribution in [0.2, 0.25) is 0 Å². The molecule has 1 rings (SSSR count). The van der Waals surface area contributed by atoms with Crippen LogP contribution >= 0.6 is 69.6 Å². The van der Waals surface area contributed by atoms with E-state index in [1.807, 2.05) is 0 Å². The Morgan fingerprint density at radius 1 is 0.909 bits per heavy atom. The predicted octanol–water partition coefficient (Wildman–Crippen LogP) is 4.30. The molecule has 0 aromatic rings. The number of hydrogen-bond donors (Lipinski definition) is 0. The molecule has 1 aliphatic rings. The van der Waals surface area contributed by atoms with Gasteiger partial charge in [0.15, 0.2) is 4.33 Å². The number of hydrogen-bond acceptors (Lipinski definition) is 0. The van der Waals surface area contributed by atoms with Crippen LogP contribution in [0.25, 0.3) is 0 Å². The van der Waals surface area contributed by atoms with Gasteiger partial charge in [-0.25, -0.2) is 0 Å². The van der Waals surface area contributed by atoms with E-state index < -0.39 is 13.0 Å². The maximum Gasteiger partial charge on any atom is 0.224 e. The van der Waals surface area contributed by atoms with Gasteiger partial charge < -0.3 is 0 Å². The highest BCUT2D eigenvalue weighted by Gasteiger charge is 2.66. The van der Waals surface area contributed by atoms with E-state index in [2.05, 4.69) is 0 Å². The van der Waals surface area contributed by atoms with Crippen LogP contribution in [0.15, 0.2) is 0 Å². The average Bonchev–Trinajstić information content (AvgIpc) is 2.45. The van der Waals surface area contributed by atoms with Crippen molar-refractivity contribution in [2.75, 3.05) is 0 Å². The number of rotatable bonds is 1. The highest BCUT2D eigenvalue weighted by molar-refractivity contribution is 6.77. The van der Waals surface area contributed by atoms with E-state index in [-0.39, 0.29) is 0 Å². The van der Waals surface area contributed by atoms with Crippen molar-refractivity contribution < 1.29 is 0 Å². The third kappa shape index (κ3) is 1.82. The van der Waals surface area contributed by atoms with Gasteiger partial charge in [-0.05, 0) is 12.8 Å². The van der Waals surface area contributed by atoms with Crippen molar-refractivity contribution in [3.8, 4) is 0 Å². The molecule has 1 aliphatic carbocycles. The molecule has 0 saturated heterocycles. The molecule has 0 atom stereocenters. The second-order valence-corrected chi connectivity index (χ2v) is 6.87. The van der Waals surface area contributed by atoms with Crippen molar-refractivity contribution in [1.82, 2.24) is 0 Å². The Balaban J connectivity index is 2.82. The second kappa shape index (κ2) is 2.87. The minimum Gasteiger partial charge on any atom is -0.116 e. The zero-order chi connectivity index (χ0) is 8.91. The highest BCUT2D eigenvalue weighted by atomic mass is 35.6. The molecule has 0 aromatic heterocycles. The van der Waals surface area contributed by atoms with Crippen LogP contribution in [-0.2, 0) is 0 Å². The summed E-state index contributed by atoms with van der Waals surface area (Å²) in [5.74, 6) is 0. The Kier molecular flexibility index (Phi) is 2.82. The van der Waals surface area contributed by atoms with E-state index in [0.717, 1.165) is 0 Å². The molecule has 0 spiro atoms. The van der Waals surface area contributed by atoms with Gasteiger partial charge in [0.1, 0.15) is 0 Å². The molecule has 0 heterocycles. The fourth-order valence-electron chi connectivity index (χ4n) is 0.678. The van der Waals surface area contributed by atoms with Gasteiger partial charge in [-0.3, -0.25) is 0 Å². The van der Waals surface area contributed by atoms with Crippen LogP contribution in [0.1, 0.15) is 12.8 Å². The van der Waals surface area contributed by atoms with E-state index in [4.69, 9.17) is 69.6 Å². The number of halogens is 6. The molecule has 1 fully saturated rings. The molecule has 0 aliphatic heterocycles. The second-order valence-electron chi connectivity index (χ2n) is 2.54. The van der Waals surface area contributed by atoms with Gasteiger partial charge in [0.05, 0.1) is 4.87 Å². The van der Waals surface area contributed by atoms with Crippen LogP contribution in [0, 0.1) is 0 Å². The average molecular weight is 277 g/mol. The van der Waals surface area contributed by atoms with Gasteiger partial charge in [0, 0.05) is 0 Å². The van der Waals surface area contributed by atoms with Crippen LogP contribution in [0.3, 0.4) is 0 Å². The van der Waals surface area contributed by atoms with Crippen molar-refractivity contribution in [1.29, 1.82) is 0 Å². The first-order valence-electron chi connectivity index (χ1n) is 2.84. The van der Waals surface area contributed by atoms with Crippen molar-refractivity contribution in [3.05, 3.63) is 0 Å². The third-order valence-corrected chi connectivity index (χ3v) is 5.18. The summed E-state index contributed by atoms with van der Waals surface area (Å²) in [4.78, 5) is -0.763. The smallest absolute Gasteiger partial charge is 0.116 e. The van der Waals surface area contributed by atoms with Crippen molar-refractivity contribution in [2.24, 2.45) is 0 Å². The van der Waals surface area contributed by atoms with Gasteiger partial charge in [-0.2, -0.15) is 0 Å². The van der Waals surface area contributed by atoms with Crippen molar-refractivity contribution in [2.45, 2.75) is 25.8 Å². The van der Waals surface area contributed by atoms with Crippen LogP contribution < -0.4 is 0 Å². The lowest BCUT2D eigenvalue weighted by Gasteiger charge is -2.31. The van der Waals surface area contributed by atoms with Gasteiger partial charge >= 0.3 is 0 Å². The maximum absolute atomic E-state index is 5.90. The summed E-state index contributed by atoms with van der Waals surface area (Å²) >= 11 is 34.1. The maximum atomic E-state index is 5.90. The zero-order valence-corrected chi connectivity index (χ0v) is 9.72. The lowest BCUT2D eigenvalue weighted by atomic mass is 10.3. The molecular weight excluding hydrogens is 273 g/mol. The van der Waals surface area contributed by atoms with Gasteiger partial charge in [-0.15, -0.1) is 11.6 Å². The van der Waals surface area contributed by atoms with Crippen LogP contribution in [-0.4, -0.2) is 13.0 Å². The topological polar surface area (TPSA) is 0 Å². The Hall–Kier alpha value is 1.74. The molecule has 6 heteroatoms. The molecule has 0 nitrogen and oxygen atoms in total. The van der Waals surface area contributed by atoms with E-state index in [9.17, 15) is 0 Å². The summed E-state index contributed by atoms with van der Waals surface area (Å²) in [5, 5.41) is 0. The Morgan fingerprint density at radius 2 is 1.27 bits per heavy atom. The molecular formula is C5H4Cl6. The number of alkyl halides is 6. The quantitative estimate of drug-likeness (QED) is 0.627. The fraction of sp³-hybridized carbons (Fsp3) is 1.00. The molecule has 0 bridgehead atoms. The van der Waals surface area contributed by atoms with E-state index >= 15 is 0 Å². The minimum atomic E-state index is -1.74. The lowest BCUT2D eigenvalue weighted by Crippen LogP contribution is -2.41. The minimum absolute atomic E-state index is 0.676. The first-order chi connectivity index (χ1) is 4.71. The first kappa shape index (κ1) is 10.8. The summed E-state index contributed by atoms with van der Waals surface area (Å²) < 4.78 is -3.25. The van der Waals surface area contributed by atoms with E-state index in [1.54, 1.807) is 0 Å². The molecule has 1 saturated carbocycles. The van der Waals surface area contributed by atoms with Crippen LogP contribution in [0.4, 0.5) is 0 Å². The molecule has 11 heavy (non-hydrogen) atoms. The Morgan fingerprint density at radius 3 is 1.36 bits per heavy atom. The molecule has 66 valence electrons. The van der Waals surface area contributed by atoms with Crippen molar-refractivity contribution in [3.63, 3.8) is 0 Å². The SMILES string of the molecule is ClC(Cl)(Cl)C(Cl)(Cl)C1(Cl)CC1. The Bertz CT molecular complexity index is 157. The first-order valence-corrected chi connectivity index (χ1v) is 5.11. The summed E-state index contributed by atoms with van der Waals surface area (Å²) in [6.45, 7) is 0. The van der Waals surface area contributed by atoms with E-state index in [0.29, 0.717) is 12.8 Å². The predicted molar refractivity (Wildman–Crippen MR) is 52.5 cm³/mol. The molecule has 0 unspecified atom stereocenters. The lowest BCUT2D eigenvalue weighted by molar-refractivity contribution is 0.725. The Labute approximate surface area is 95.0 Å². The summed E-state index contributed by atoms with van der Waals surface area (Å²) in [6, 6.07) is 0. The molecule has 0 aromatic carbocycles. The molecule has 0 radical (unpaired) electrons. The van der Waals surface area contributed by atoms with Crippen LogP contribution in [0.5, 0.6) is 0 Å². The fourth-order valence-corrected chi connectivity index (χ4v) is 1.98. The normalized spacial score (nSPS) is 23.5. The summed E-state index contributed by atoms with van der Waals surface area (Å²) in [7, 11) is 0. The molecule has 0 amide bonds. The van der Waals surface area contributed by atoms with Gasteiger partial charge in [-0.1, -0.05) is 58.0 Å². The van der Waals surface area contributed by atoms with E-state index in [1.165, 1.54) is 0 Å².